The average molecular weight is 368 g/mol. The maximum Gasteiger partial charge on any atom is 0.260 e. The second-order valence-electron chi connectivity index (χ2n) is 7.48. The zero-order valence-electron chi connectivity index (χ0n) is 15.6. The van der Waals surface area contributed by atoms with Gasteiger partial charge in [-0.15, -0.1) is 11.3 Å². The van der Waals surface area contributed by atoms with E-state index in [1.807, 2.05) is 0 Å². The predicted molar refractivity (Wildman–Crippen MR) is 109 cm³/mol. The Balaban J connectivity index is 1.72. The van der Waals surface area contributed by atoms with Gasteiger partial charge in [0.25, 0.3) is 5.56 Å². The summed E-state index contributed by atoms with van der Waals surface area (Å²) in [6.07, 6.45) is 3.75. The lowest BCUT2D eigenvalue weighted by atomic mass is 9.99. The molecule has 3 aromatic rings. The number of aromatic nitrogens is 2. The molecule has 3 heterocycles. The Kier molecular flexibility index (Phi) is 4.67. The molecule has 1 saturated heterocycles. The van der Waals surface area contributed by atoms with Gasteiger partial charge in [0.2, 0.25) is 0 Å². The fourth-order valence-corrected chi connectivity index (χ4v) is 4.92. The monoisotopic (exact) mass is 367 g/mol. The van der Waals surface area contributed by atoms with Crippen LogP contribution in [0.5, 0.6) is 0 Å². The number of aryl methyl sites for hydroxylation is 2. The highest BCUT2D eigenvalue weighted by atomic mass is 32.1. The first-order valence-corrected chi connectivity index (χ1v) is 10.2. The highest BCUT2D eigenvalue weighted by Crippen LogP contribution is 2.33. The normalized spacial score (nSPS) is 18.5. The lowest BCUT2D eigenvalue weighted by molar-refractivity contribution is 0.149. The van der Waals surface area contributed by atoms with Gasteiger partial charge < -0.3 is 4.98 Å². The van der Waals surface area contributed by atoms with Gasteiger partial charge >= 0.3 is 0 Å². The van der Waals surface area contributed by atoms with Crippen LogP contribution in [0.25, 0.3) is 21.3 Å². The van der Waals surface area contributed by atoms with Crippen molar-refractivity contribution in [2.75, 3.05) is 6.54 Å². The number of hydrogen-bond acceptors (Lipinski definition) is 4. The molecule has 0 unspecified atom stereocenters. The van der Waals surface area contributed by atoms with Crippen molar-refractivity contribution < 1.29 is 0 Å². The molecule has 0 bridgehead atoms. The van der Waals surface area contributed by atoms with Crippen LogP contribution in [0.2, 0.25) is 0 Å². The van der Waals surface area contributed by atoms with Crippen molar-refractivity contribution in [3.63, 3.8) is 0 Å². The van der Waals surface area contributed by atoms with E-state index in [4.69, 9.17) is 4.98 Å². The number of aromatic amines is 1. The van der Waals surface area contributed by atoms with Crippen molar-refractivity contribution in [3.8, 4) is 11.1 Å². The highest BCUT2D eigenvalue weighted by Gasteiger charge is 2.20. The van der Waals surface area contributed by atoms with Gasteiger partial charge in [0.05, 0.1) is 11.9 Å². The van der Waals surface area contributed by atoms with Crippen LogP contribution in [0.4, 0.5) is 0 Å². The van der Waals surface area contributed by atoms with Gasteiger partial charge in [-0.1, -0.05) is 30.2 Å². The Bertz CT molecular complexity index is 1000. The van der Waals surface area contributed by atoms with Crippen LogP contribution in [-0.2, 0) is 6.54 Å². The van der Waals surface area contributed by atoms with Crippen LogP contribution < -0.4 is 5.56 Å². The molecular formula is C21H25N3OS. The number of thiophene rings is 1. The molecule has 4 nitrogen and oxygen atoms in total. The fraction of sp³-hybridized carbons (Fsp3) is 0.429. The van der Waals surface area contributed by atoms with E-state index < -0.39 is 0 Å². The minimum atomic E-state index is -0.0223. The quantitative estimate of drug-likeness (QED) is 0.733. The van der Waals surface area contributed by atoms with Crippen molar-refractivity contribution in [2.45, 2.75) is 52.6 Å². The van der Waals surface area contributed by atoms with Gasteiger partial charge in [0.15, 0.2) is 0 Å². The molecule has 0 saturated carbocycles. The molecule has 2 aromatic heterocycles. The highest BCUT2D eigenvalue weighted by molar-refractivity contribution is 7.17. The molecule has 136 valence electrons. The van der Waals surface area contributed by atoms with Crippen LogP contribution in [0.3, 0.4) is 0 Å². The lowest BCUT2D eigenvalue weighted by Crippen LogP contribution is -2.37. The molecule has 4 rings (SSSR count). The molecule has 1 fully saturated rings. The van der Waals surface area contributed by atoms with E-state index in [1.165, 1.54) is 30.4 Å². The second-order valence-corrected chi connectivity index (χ2v) is 8.33. The number of likely N-dealkylation sites (tertiary alicyclic amines) is 1. The molecule has 5 heteroatoms. The van der Waals surface area contributed by atoms with Gasteiger partial charge in [-0.05, 0) is 51.3 Å². The summed E-state index contributed by atoms with van der Waals surface area (Å²) in [6.45, 7) is 8.26. The summed E-state index contributed by atoms with van der Waals surface area (Å²) in [5.41, 5.74) is 4.51. The Morgan fingerprint density at radius 2 is 2.12 bits per heavy atom. The van der Waals surface area contributed by atoms with Crippen molar-refractivity contribution in [3.05, 3.63) is 50.9 Å². The van der Waals surface area contributed by atoms with E-state index in [1.54, 1.807) is 11.3 Å². The van der Waals surface area contributed by atoms with Crippen LogP contribution in [0.1, 0.15) is 43.1 Å². The number of benzene rings is 1. The van der Waals surface area contributed by atoms with E-state index in [2.05, 4.69) is 54.2 Å². The molecule has 1 aromatic carbocycles. The number of H-pyrrole nitrogens is 1. The third kappa shape index (κ3) is 3.21. The van der Waals surface area contributed by atoms with Crippen LogP contribution >= 0.6 is 11.3 Å². The van der Waals surface area contributed by atoms with Gasteiger partial charge in [-0.25, -0.2) is 4.98 Å². The fourth-order valence-electron chi connectivity index (χ4n) is 3.97. The van der Waals surface area contributed by atoms with E-state index in [-0.39, 0.29) is 5.56 Å². The SMILES string of the molecule is Cc1ccc(-c2csc3nc(CN4CCCC[C@H]4C)[nH]c(=O)c23)c(C)c1. The molecule has 1 atom stereocenters. The first-order chi connectivity index (χ1) is 12.5. The van der Waals surface area contributed by atoms with Crippen LogP contribution in [-0.4, -0.2) is 27.5 Å². The predicted octanol–water partition coefficient (Wildman–Crippen LogP) is 4.64. The molecule has 0 radical (unpaired) electrons. The van der Waals surface area contributed by atoms with Crippen molar-refractivity contribution in [1.29, 1.82) is 0 Å². The standard InChI is InChI=1S/C21H25N3OS/c1-13-7-8-16(14(2)10-13)17-12-26-21-19(17)20(25)22-18(23-21)11-24-9-5-4-6-15(24)3/h7-8,10,12,15H,4-6,9,11H2,1-3H3,(H,22,23,25)/t15-/m1/s1. The third-order valence-electron chi connectivity index (χ3n) is 5.46. The Hall–Kier alpha value is -1.98. The second kappa shape index (κ2) is 6.97. The Labute approximate surface area is 157 Å². The minimum Gasteiger partial charge on any atom is -0.309 e. The van der Waals surface area contributed by atoms with Crippen molar-refractivity contribution in [2.24, 2.45) is 0 Å². The maximum atomic E-state index is 12.8. The summed E-state index contributed by atoms with van der Waals surface area (Å²) in [5.74, 6) is 0.783. The number of fused-ring (bicyclic) bond motifs is 1. The summed E-state index contributed by atoms with van der Waals surface area (Å²) in [5, 5.41) is 2.79. The van der Waals surface area contributed by atoms with Gasteiger partial charge in [0, 0.05) is 17.0 Å². The van der Waals surface area contributed by atoms with Crippen molar-refractivity contribution >= 4 is 21.6 Å². The molecule has 1 N–H and O–H groups in total. The first kappa shape index (κ1) is 17.4. The zero-order chi connectivity index (χ0) is 18.3. The summed E-state index contributed by atoms with van der Waals surface area (Å²) < 4.78 is 0. The topological polar surface area (TPSA) is 49.0 Å². The molecule has 0 amide bonds. The number of nitrogens with zero attached hydrogens (tertiary/aromatic N) is 2. The smallest absolute Gasteiger partial charge is 0.260 e. The van der Waals surface area contributed by atoms with E-state index in [0.29, 0.717) is 6.04 Å². The van der Waals surface area contributed by atoms with Gasteiger partial charge in [-0.2, -0.15) is 0 Å². The Morgan fingerprint density at radius 1 is 1.27 bits per heavy atom. The van der Waals surface area contributed by atoms with Crippen LogP contribution in [0, 0.1) is 13.8 Å². The summed E-state index contributed by atoms with van der Waals surface area (Å²) in [7, 11) is 0. The molecule has 1 aliphatic heterocycles. The number of nitrogens with one attached hydrogen (secondary N) is 1. The third-order valence-corrected chi connectivity index (χ3v) is 6.33. The van der Waals surface area contributed by atoms with E-state index >= 15 is 0 Å². The number of rotatable bonds is 3. The summed E-state index contributed by atoms with van der Waals surface area (Å²) >= 11 is 1.56. The van der Waals surface area contributed by atoms with E-state index in [9.17, 15) is 4.79 Å². The molecule has 0 aliphatic carbocycles. The molecule has 26 heavy (non-hydrogen) atoms. The minimum absolute atomic E-state index is 0.0223. The van der Waals surface area contributed by atoms with Gasteiger partial charge in [-0.3, -0.25) is 9.69 Å². The largest absolute Gasteiger partial charge is 0.309 e. The summed E-state index contributed by atoms with van der Waals surface area (Å²) in [4.78, 5) is 23.9. The molecular weight excluding hydrogens is 342 g/mol. The zero-order valence-corrected chi connectivity index (χ0v) is 16.4. The lowest BCUT2D eigenvalue weighted by Gasteiger charge is -2.32. The Morgan fingerprint density at radius 3 is 2.88 bits per heavy atom. The van der Waals surface area contributed by atoms with Crippen molar-refractivity contribution in [1.82, 2.24) is 14.9 Å². The molecule has 0 spiro atoms. The van der Waals surface area contributed by atoms with E-state index in [0.717, 1.165) is 40.3 Å². The number of piperidine rings is 1. The maximum absolute atomic E-state index is 12.8. The number of hydrogen-bond donors (Lipinski definition) is 1. The first-order valence-electron chi connectivity index (χ1n) is 9.35. The van der Waals surface area contributed by atoms with Crippen LogP contribution in [0.15, 0.2) is 28.4 Å². The van der Waals surface area contributed by atoms with Gasteiger partial charge in [0.1, 0.15) is 10.7 Å². The molecule has 1 aliphatic rings. The summed E-state index contributed by atoms with van der Waals surface area (Å²) in [6, 6.07) is 6.92. The average Bonchev–Trinajstić information content (AvgIpc) is 3.01.